The van der Waals surface area contributed by atoms with Gasteiger partial charge in [0, 0.05) is 25.2 Å². The molecule has 1 aliphatic rings. The summed E-state index contributed by atoms with van der Waals surface area (Å²) in [5, 5.41) is 3.40. The Balaban J connectivity index is 2.14. The molecule has 0 aliphatic carbocycles. The average Bonchev–Trinajstić information content (AvgIpc) is 2.37. The van der Waals surface area contributed by atoms with E-state index in [1.165, 1.54) is 19.0 Å². The van der Waals surface area contributed by atoms with Gasteiger partial charge in [0.15, 0.2) is 0 Å². The second-order valence-electron chi connectivity index (χ2n) is 7.35. The van der Waals surface area contributed by atoms with Crippen LogP contribution in [0.4, 0.5) is 10.2 Å². The van der Waals surface area contributed by atoms with Crippen LogP contribution in [0.15, 0.2) is 12.3 Å². The minimum atomic E-state index is -0.253. The summed E-state index contributed by atoms with van der Waals surface area (Å²) < 4.78 is 13.5. The third-order valence-corrected chi connectivity index (χ3v) is 3.98. The first-order chi connectivity index (χ1) is 9.87. The predicted octanol–water partition coefficient (Wildman–Crippen LogP) is 3.59. The van der Waals surface area contributed by atoms with Crippen LogP contribution in [0.3, 0.4) is 0 Å². The van der Waals surface area contributed by atoms with Gasteiger partial charge in [-0.25, -0.2) is 9.37 Å². The van der Waals surface area contributed by atoms with Crippen molar-refractivity contribution in [1.29, 1.82) is 0 Å². The molecule has 0 radical (unpaired) electrons. The number of hydrogen-bond donors (Lipinski definition) is 1. The van der Waals surface area contributed by atoms with Crippen LogP contribution in [0.5, 0.6) is 0 Å². The Morgan fingerprint density at radius 3 is 2.86 bits per heavy atom. The number of rotatable bonds is 5. The molecule has 3 nitrogen and oxygen atoms in total. The lowest BCUT2D eigenvalue weighted by molar-refractivity contribution is 0.291. The van der Waals surface area contributed by atoms with Gasteiger partial charge >= 0.3 is 0 Å². The first-order valence-electron chi connectivity index (χ1n) is 7.97. The Morgan fingerprint density at radius 2 is 2.19 bits per heavy atom. The summed E-state index contributed by atoms with van der Waals surface area (Å²) >= 11 is 0. The molecule has 1 aliphatic heterocycles. The number of nitrogens with zero attached hydrogens (tertiary/aromatic N) is 2. The molecular weight excluding hydrogens is 265 g/mol. The van der Waals surface area contributed by atoms with Crippen molar-refractivity contribution < 1.29 is 4.39 Å². The number of nitrogens with one attached hydrogen (secondary N) is 1. The highest BCUT2D eigenvalue weighted by molar-refractivity contribution is 5.47. The molecule has 1 fully saturated rings. The lowest BCUT2D eigenvalue weighted by atomic mass is 9.84. The Kier molecular flexibility index (Phi) is 5.20. The molecule has 1 aromatic rings. The first kappa shape index (κ1) is 16.2. The molecule has 1 N–H and O–H groups in total. The standard InChI is InChI=1S/C17H28FN3/c1-13(2)9-19-10-14-8-15(18)11-20-16(14)21-7-5-6-17(3,4)12-21/h8,11,13,19H,5-7,9-10,12H2,1-4H3. The summed E-state index contributed by atoms with van der Waals surface area (Å²) in [5.74, 6) is 1.28. The fraction of sp³-hybridized carbons (Fsp3) is 0.706. The zero-order chi connectivity index (χ0) is 15.5. The molecule has 0 unspecified atom stereocenters. The molecule has 0 atom stereocenters. The van der Waals surface area contributed by atoms with Gasteiger partial charge in [-0.05, 0) is 36.8 Å². The average molecular weight is 293 g/mol. The summed E-state index contributed by atoms with van der Waals surface area (Å²) in [6, 6.07) is 1.62. The first-order valence-corrected chi connectivity index (χ1v) is 7.97. The number of aromatic nitrogens is 1. The van der Waals surface area contributed by atoms with Crippen LogP contribution in [0.1, 0.15) is 46.1 Å². The third kappa shape index (κ3) is 4.67. The number of piperidine rings is 1. The van der Waals surface area contributed by atoms with E-state index in [2.05, 4.69) is 42.9 Å². The molecule has 1 aromatic heterocycles. The zero-order valence-corrected chi connectivity index (χ0v) is 13.7. The van der Waals surface area contributed by atoms with E-state index in [0.29, 0.717) is 17.9 Å². The van der Waals surface area contributed by atoms with E-state index in [-0.39, 0.29) is 5.82 Å². The van der Waals surface area contributed by atoms with E-state index in [1.807, 2.05) is 0 Å². The van der Waals surface area contributed by atoms with Crippen LogP contribution in [-0.4, -0.2) is 24.6 Å². The van der Waals surface area contributed by atoms with Gasteiger partial charge in [0.2, 0.25) is 0 Å². The van der Waals surface area contributed by atoms with Gasteiger partial charge in [-0.1, -0.05) is 27.7 Å². The minimum Gasteiger partial charge on any atom is -0.356 e. The van der Waals surface area contributed by atoms with E-state index in [4.69, 9.17) is 0 Å². The van der Waals surface area contributed by atoms with Crippen LogP contribution >= 0.6 is 0 Å². The summed E-state index contributed by atoms with van der Waals surface area (Å²) in [6.07, 6.45) is 3.75. The van der Waals surface area contributed by atoms with Gasteiger partial charge < -0.3 is 10.2 Å². The highest BCUT2D eigenvalue weighted by atomic mass is 19.1. The summed E-state index contributed by atoms with van der Waals surface area (Å²) in [5.41, 5.74) is 1.27. The fourth-order valence-corrected chi connectivity index (χ4v) is 2.99. The third-order valence-electron chi connectivity index (χ3n) is 3.98. The number of pyridine rings is 1. The van der Waals surface area contributed by atoms with Crippen molar-refractivity contribution in [2.24, 2.45) is 11.3 Å². The molecule has 1 saturated heterocycles. The fourth-order valence-electron chi connectivity index (χ4n) is 2.99. The largest absolute Gasteiger partial charge is 0.356 e. The summed E-state index contributed by atoms with van der Waals surface area (Å²) in [4.78, 5) is 6.69. The SMILES string of the molecule is CC(C)CNCc1cc(F)cnc1N1CCCC(C)(C)C1. The molecule has 4 heteroatoms. The topological polar surface area (TPSA) is 28.2 Å². The van der Waals surface area contributed by atoms with Gasteiger partial charge in [-0.2, -0.15) is 0 Å². The van der Waals surface area contributed by atoms with Crippen LogP contribution < -0.4 is 10.2 Å². The van der Waals surface area contributed by atoms with Gasteiger partial charge in [0.25, 0.3) is 0 Å². The lowest BCUT2D eigenvalue weighted by Crippen LogP contribution is -2.41. The lowest BCUT2D eigenvalue weighted by Gasteiger charge is -2.39. The van der Waals surface area contributed by atoms with E-state index >= 15 is 0 Å². The van der Waals surface area contributed by atoms with Crippen molar-refractivity contribution in [2.45, 2.75) is 47.1 Å². The van der Waals surface area contributed by atoms with Gasteiger partial charge in [0.05, 0.1) is 6.20 Å². The quantitative estimate of drug-likeness (QED) is 0.899. The van der Waals surface area contributed by atoms with Gasteiger partial charge in [0.1, 0.15) is 11.6 Å². The highest BCUT2D eigenvalue weighted by Gasteiger charge is 2.28. The maximum Gasteiger partial charge on any atom is 0.141 e. The van der Waals surface area contributed by atoms with Crippen LogP contribution in [0.25, 0.3) is 0 Å². The second kappa shape index (κ2) is 6.73. The molecule has 0 amide bonds. The molecular formula is C17H28FN3. The van der Waals surface area contributed by atoms with E-state index in [9.17, 15) is 4.39 Å². The van der Waals surface area contributed by atoms with E-state index in [0.717, 1.165) is 31.0 Å². The molecule has 0 bridgehead atoms. The van der Waals surface area contributed by atoms with Crippen molar-refractivity contribution in [1.82, 2.24) is 10.3 Å². The minimum absolute atomic E-state index is 0.253. The van der Waals surface area contributed by atoms with Crippen molar-refractivity contribution >= 4 is 5.82 Å². The van der Waals surface area contributed by atoms with Gasteiger partial charge in [-0.3, -0.25) is 0 Å². The monoisotopic (exact) mass is 293 g/mol. The Labute approximate surface area is 127 Å². The molecule has 2 rings (SSSR count). The maximum atomic E-state index is 13.5. The molecule has 0 aromatic carbocycles. The summed E-state index contributed by atoms with van der Waals surface area (Å²) in [6.45, 7) is 12.5. The Morgan fingerprint density at radius 1 is 1.43 bits per heavy atom. The predicted molar refractivity (Wildman–Crippen MR) is 86.0 cm³/mol. The number of halogens is 1. The van der Waals surface area contributed by atoms with Crippen molar-refractivity contribution in [3.63, 3.8) is 0 Å². The van der Waals surface area contributed by atoms with Gasteiger partial charge in [-0.15, -0.1) is 0 Å². The Hall–Kier alpha value is -1.16. The second-order valence-corrected chi connectivity index (χ2v) is 7.35. The normalized spacial score (nSPS) is 18.3. The molecule has 118 valence electrons. The van der Waals surface area contributed by atoms with Crippen LogP contribution in [0.2, 0.25) is 0 Å². The number of hydrogen-bond acceptors (Lipinski definition) is 3. The summed E-state index contributed by atoms with van der Waals surface area (Å²) in [7, 11) is 0. The smallest absolute Gasteiger partial charge is 0.141 e. The Bertz CT molecular complexity index is 471. The van der Waals surface area contributed by atoms with Crippen LogP contribution in [0, 0.1) is 17.2 Å². The maximum absolute atomic E-state index is 13.5. The van der Waals surface area contributed by atoms with Crippen molar-refractivity contribution in [3.05, 3.63) is 23.6 Å². The van der Waals surface area contributed by atoms with Crippen molar-refractivity contribution in [2.75, 3.05) is 24.5 Å². The van der Waals surface area contributed by atoms with E-state index < -0.39 is 0 Å². The zero-order valence-electron chi connectivity index (χ0n) is 13.7. The number of anilines is 1. The molecule has 0 spiro atoms. The highest BCUT2D eigenvalue weighted by Crippen LogP contribution is 2.32. The van der Waals surface area contributed by atoms with E-state index in [1.54, 1.807) is 6.07 Å². The molecule has 0 saturated carbocycles. The molecule has 21 heavy (non-hydrogen) atoms. The van der Waals surface area contributed by atoms with Crippen LogP contribution in [-0.2, 0) is 6.54 Å². The van der Waals surface area contributed by atoms with Crippen molar-refractivity contribution in [3.8, 4) is 0 Å². The molecule has 2 heterocycles.